The number of hydrogen-bond acceptors (Lipinski definition) is 3. The van der Waals surface area contributed by atoms with Gasteiger partial charge in [-0.05, 0) is 18.1 Å². The van der Waals surface area contributed by atoms with Crippen molar-refractivity contribution in [2.75, 3.05) is 19.5 Å². The minimum atomic E-state index is 0.619. The van der Waals surface area contributed by atoms with Crippen molar-refractivity contribution in [1.82, 2.24) is 0 Å². The molecule has 0 spiro atoms. The number of thioether (sulfide) groups is 1. The molecule has 78 valence electrons. The van der Waals surface area contributed by atoms with Gasteiger partial charge in [-0.25, -0.2) is 0 Å². The molecule has 0 aromatic heterocycles. The van der Waals surface area contributed by atoms with Crippen LogP contribution in [0.25, 0.3) is 0 Å². The van der Waals surface area contributed by atoms with Crippen molar-refractivity contribution in [2.24, 2.45) is 5.73 Å². The first-order chi connectivity index (χ1) is 6.88. The van der Waals surface area contributed by atoms with Gasteiger partial charge in [0, 0.05) is 30.9 Å². The van der Waals surface area contributed by atoms with Crippen molar-refractivity contribution in [1.29, 1.82) is 0 Å². The molecule has 1 rings (SSSR count). The maximum atomic E-state index is 5.64. The smallest absolute Gasteiger partial charge is 0.0470 e. The highest BCUT2D eigenvalue weighted by Crippen LogP contribution is 2.22. The molecular formula is C11H17NOS. The normalized spacial score (nSPS) is 10.4. The molecule has 2 nitrogen and oxygen atoms in total. The Kier molecular flexibility index (Phi) is 5.68. The van der Waals surface area contributed by atoms with Crippen LogP contribution in [0.3, 0.4) is 0 Å². The second-order valence-corrected chi connectivity index (χ2v) is 4.14. The summed E-state index contributed by atoms with van der Waals surface area (Å²) in [6.45, 7) is 1.45. The van der Waals surface area contributed by atoms with Crippen LogP contribution >= 0.6 is 11.8 Å². The largest absolute Gasteiger partial charge is 0.385 e. The molecule has 0 fully saturated rings. The summed E-state index contributed by atoms with van der Waals surface area (Å²) < 4.78 is 5.00. The van der Waals surface area contributed by atoms with E-state index in [1.807, 2.05) is 17.8 Å². The monoisotopic (exact) mass is 211 g/mol. The Balaban J connectivity index is 2.41. The summed E-state index contributed by atoms with van der Waals surface area (Å²) in [7, 11) is 1.73. The lowest BCUT2D eigenvalue weighted by atomic mass is 10.2. The first-order valence-electron chi connectivity index (χ1n) is 4.78. The third-order valence-corrected chi connectivity index (χ3v) is 3.14. The van der Waals surface area contributed by atoms with E-state index in [-0.39, 0.29) is 0 Å². The average molecular weight is 211 g/mol. The molecule has 14 heavy (non-hydrogen) atoms. The zero-order valence-corrected chi connectivity index (χ0v) is 9.35. The van der Waals surface area contributed by atoms with Crippen molar-refractivity contribution < 1.29 is 4.74 Å². The van der Waals surface area contributed by atoms with Crippen molar-refractivity contribution in [3.8, 4) is 0 Å². The molecule has 0 aliphatic rings. The standard InChI is InChI=1S/C11H17NOS/c1-13-7-4-8-14-11-6-3-2-5-10(11)9-12/h2-3,5-6H,4,7-9,12H2,1H3. The molecule has 0 unspecified atom stereocenters. The van der Waals surface area contributed by atoms with Gasteiger partial charge < -0.3 is 10.5 Å². The predicted octanol–water partition coefficient (Wildman–Crippen LogP) is 2.27. The Morgan fingerprint density at radius 3 is 2.86 bits per heavy atom. The lowest BCUT2D eigenvalue weighted by molar-refractivity contribution is 0.200. The maximum Gasteiger partial charge on any atom is 0.0470 e. The lowest BCUT2D eigenvalue weighted by Crippen LogP contribution is -1.98. The van der Waals surface area contributed by atoms with Crippen LogP contribution in [0, 0.1) is 0 Å². The summed E-state index contributed by atoms with van der Waals surface area (Å²) in [5, 5.41) is 0. The molecular weight excluding hydrogens is 194 g/mol. The third-order valence-electron chi connectivity index (χ3n) is 1.94. The minimum Gasteiger partial charge on any atom is -0.385 e. The van der Waals surface area contributed by atoms with Crippen LogP contribution in [0.15, 0.2) is 29.2 Å². The fraction of sp³-hybridized carbons (Fsp3) is 0.455. The fourth-order valence-electron chi connectivity index (χ4n) is 1.20. The van der Waals surface area contributed by atoms with Gasteiger partial charge in [0.25, 0.3) is 0 Å². The lowest BCUT2D eigenvalue weighted by Gasteiger charge is -2.06. The molecule has 0 amide bonds. The first-order valence-corrected chi connectivity index (χ1v) is 5.76. The predicted molar refractivity (Wildman–Crippen MR) is 61.6 cm³/mol. The number of nitrogens with two attached hydrogens (primary N) is 1. The molecule has 0 saturated carbocycles. The van der Waals surface area contributed by atoms with E-state index in [9.17, 15) is 0 Å². The SMILES string of the molecule is COCCCSc1ccccc1CN. The number of benzene rings is 1. The van der Waals surface area contributed by atoms with Crippen LogP contribution in [0.2, 0.25) is 0 Å². The number of ether oxygens (including phenoxy) is 1. The first kappa shape index (κ1) is 11.6. The summed E-state index contributed by atoms with van der Waals surface area (Å²) in [6, 6.07) is 8.29. The number of rotatable bonds is 6. The average Bonchev–Trinajstić information content (AvgIpc) is 2.25. The van der Waals surface area contributed by atoms with Crippen molar-refractivity contribution in [3.63, 3.8) is 0 Å². The molecule has 0 aliphatic heterocycles. The van der Waals surface area contributed by atoms with Crippen LogP contribution in [-0.4, -0.2) is 19.5 Å². The second-order valence-electron chi connectivity index (χ2n) is 3.01. The molecule has 0 radical (unpaired) electrons. The Bertz CT molecular complexity index is 265. The van der Waals surface area contributed by atoms with Gasteiger partial charge in [0.2, 0.25) is 0 Å². The molecule has 0 aliphatic carbocycles. The van der Waals surface area contributed by atoms with Crippen molar-refractivity contribution in [3.05, 3.63) is 29.8 Å². The van der Waals surface area contributed by atoms with Gasteiger partial charge in [-0.15, -0.1) is 11.8 Å². The Morgan fingerprint density at radius 1 is 1.36 bits per heavy atom. The molecule has 1 aromatic rings. The Morgan fingerprint density at radius 2 is 2.14 bits per heavy atom. The highest BCUT2D eigenvalue weighted by atomic mass is 32.2. The van der Waals surface area contributed by atoms with E-state index in [0.29, 0.717) is 6.54 Å². The third kappa shape index (κ3) is 3.70. The topological polar surface area (TPSA) is 35.2 Å². The van der Waals surface area contributed by atoms with E-state index in [1.165, 1.54) is 10.5 Å². The van der Waals surface area contributed by atoms with Gasteiger partial charge in [-0.1, -0.05) is 18.2 Å². The summed E-state index contributed by atoms with van der Waals surface area (Å²) in [5.74, 6) is 1.09. The van der Waals surface area contributed by atoms with Crippen LogP contribution in [0.5, 0.6) is 0 Å². The van der Waals surface area contributed by atoms with Gasteiger partial charge in [0.15, 0.2) is 0 Å². The van der Waals surface area contributed by atoms with E-state index in [2.05, 4.69) is 18.2 Å². The molecule has 3 heteroatoms. The summed E-state index contributed by atoms with van der Waals surface area (Å²) >= 11 is 1.85. The Labute approximate surface area is 89.8 Å². The summed E-state index contributed by atoms with van der Waals surface area (Å²) in [6.07, 6.45) is 1.08. The van der Waals surface area contributed by atoms with Gasteiger partial charge in [-0.3, -0.25) is 0 Å². The van der Waals surface area contributed by atoms with E-state index in [4.69, 9.17) is 10.5 Å². The maximum absolute atomic E-state index is 5.64. The molecule has 0 heterocycles. The van der Waals surface area contributed by atoms with E-state index >= 15 is 0 Å². The number of hydrogen-bond donors (Lipinski definition) is 1. The van der Waals surface area contributed by atoms with Crippen molar-refractivity contribution in [2.45, 2.75) is 17.9 Å². The van der Waals surface area contributed by atoms with E-state index in [0.717, 1.165) is 18.8 Å². The van der Waals surface area contributed by atoms with Crippen LogP contribution in [0.4, 0.5) is 0 Å². The van der Waals surface area contributed by atoms with Crippen LogP contribution in [0.1, 0.15) is 12.0 Å². The highest BCUT2D eigenvalue weighted by Gasteiger charge is 1.99. The zero-order valence-electron chi connectivity index (χ0n) is 8.53. The Hall–Kier alpha value is -0.510. The van der Waals surface area contributed by atoms with Crippen molar-refractivity contribution >= 4 is 11.8 Å². The van der Waals surface area contributed by atoms with Gasteiger partial charge >= 0.3 is 0 Å². The van der Waals surface area contributed by atoms with Gasteiger partial charge in [0.05, 0.1) is 0 Å². The molecule has 0 atom stereocenters. The summed E-state index contributed by atoms with van der Waals surface area (Å²) in [4.78, 5) is 1.30. The zero-order chi connectivity index (χ0) is 10.2. The molecule has 0 bridgehead atoms. The van der Waals surface area contributed by atoms with Crippen LogP contribution < -0.4 is 5.73 Å². The van der Waals surface area contributed by atoms with E-state index in [1.54, 1.807) is 7.11 Å². The van der Waals surface area contributed by atoms with E-state index < -0.39 is 0 Å². The highest BCUT2D eigenvalue weighted by molar-refractivity contribution is 7.99. The van der Waals surface area contributed by atoms with Gasteiger partial charge in [0.1, 0.15) is 0 Å². The molecule has 0 saturated heterocycles. The molecule has 1 aromatic carbocycles. The van der Waals surface area contributed by atoms with Gasteiger partial charge in [-0.2, -0.15) is 0 Å². The number of methoxy groups -OCH3 is 1. The second kappa shape index (κ2) is 6.87. The quantitative estimate of drug-likeness (QED) is 0.579. The summed E-state index contributed by atoms with van der Waals surface area (Å²) in [5.41, 5.74) is 6.87. The fourth-order valence-corrected chi connectivity index (χ4v) is 2.19. The molecule has 2 N–H and O–H groups in total. The van der Waals surface area contributed by atoms with Crippen LogP contribution in [-0.2, 0) is 11.3 Å². The minimum absolute atomic E-state index is 0.619.